The van der Waals surface area contributed by atoms with Crippen molar-refractivity contribution < 1.29 is 0 Å². The highest BCUT2D eigenvalue weighted by Crippen LogP contribution is 2.20. The Morgan fingerprint density at radius 2 is 1.65 bits per heavy atom. The topological polar surface area (TPSA) is 53.9 Å². The van der Waals surface area contributed by atoms with Crippen molar-refractivity contribution in [1.82, 2.24) is 15.2 Å². The summed E-state index contributed by atoms with van der Waals surface area (Å²) in [6.07, 6.45) is 2.58. The van der Waals surface area contributed by atoms with Crippen LogP contribution in [-0.4, -0.2) is 28.8 Å². The van der Waals surface area contributed by atoms with Crippen molar-refractivity contribution in [3.63, 3.8) is 0 Å². The van der Waals surface area contributed by atoms with E-state index < -0.39 is 0 Å². The van der Waals surface area contributed by atoms with E-state index in [-0.39, 0.29) is 0 Å². The third-order valence-corrected chi connectivity index (χ3v) is 3.57. The van der Waals surface area contributed by atoms with Crippen LogP contribution in [0, 0.1) is 0 Å². The van der Waals surface area contributed by atoms with Crippen LogP contribution in [0.15, 0.2) is 66.9 Å². The van der Waals surface area contributed by atoms with Gasteiger partial charge in [-0.15, -0.1) is 5.10 Å². The van der Waals surface area contributed by atoms with E-state index in [9.17, 15) is 0 Å². The lowest BCUT2D eigenvalue weighted by molar-refractivity contribution is 0.915. The monoisotopic (exact) mass is 305 g/mol. The maximum atomic E-state index is 4.52. The lowest BCUT2D eigenvalue weighted by Gasteiger charge is -2.18. The van der Waals surface area contributed by atoms with E-state index in [4.69, 9.17) is 0 Å². The van der Waals surface area contributed by atoms with Gasteiger partial charge in [-0.1, -0.05) is 48.5 Å². The Morgan fingerprint density at radius 1 is 0.957 bits per heavy atom. The van der Waals surface area contributed by atoms with Gasteiger partial charge in [-0.2, -0.15) is 10.1 Å². The van der Waals surface area contributed by atoms with Crippen molar-refractivity contribution in [3.8, 4) is 0 Å². The summed E-state index contributed by atoms with van der Waals surface area (Å²) in [5, 5.41) is 11.3. The summed E-state index contributed by atoms with van der Waals surface area (Å²) < 4.78 is 0. The lowest BCUT2D eigenvalue weighted by Crippen LogP contribution is -2.14. The zero-order chi connectivity index (χ0) is 15.9. The van der Waals surface area contributed by atoms with E-state index in [0.29, 0.717) is 5.95 Å². The first-order chi connectivity index (χ1) is 11.3. The number of anilines is 3. The largest absolute Gasteiger partial charge is 0.353 e. The highest BCUT2D eigenvalue weighted by molar-refractivity contribution is 5.58. The van der Waals surface area contributed by atoms with Crippen molar-refractivity contribution in [1.29, 1.82) is 0 Å². The Hall–Kier alpha value is -2.95. The van der Waals surface area contributed by atoms with E-state index in [0.717, 1.165) is 24.5 Å². The van der Waals surface area contributed by atoms with Crippen molar-refractivity contribution >= 4 is 17.5 Å². The predicted molar refractivity (Wildman–Crippen MR) is 93.0 cm³/mol. The molecule has 3 aromatic rings. The van der Waals surface area contributed by atoms with Gasteiger partial charge in [0.2, 0.25) is 5.95 Å². The Balaban J connectivity index is 1.63. The average molecular weight is 305 g/mol. The Labute approximate surface area is 136 Å². The van der Waals surface area contributed by atoms with Crippen LogP contribution >= 0.6 is 0 Å². The molecule has 1 aromatic heterocycles. The summed E-state index contributed by atoms with van der Waals surface area (Å²) in [6, 6.07) is 20.4. The Bertz CT molecular complexity index is 731. The third kappa shape index (κ3) is 4.03. The zero-order valence-corrected chi connectivity index (χ0v) is 13.1. The van der Waals surface area contributed by atoms with E-state index >= 15 is 0 Å². The Morgan fingerprint density at radius 3 is 2.39 bits per heavy atom. The minimum atomic E-state index is 0.543. The summed E-state index contributed by atoms with van der Waals surface area (Å²) in [5.74, 6) is 1.30. The number of hydrogen-bond donors (Lipinski definition) is 1. The molecule has 0 atom stereocenters. The van der Waals surface area contributed by atoms with Crippen LogP contribution in [0.25, 0.3) is 0 Å². The first-order valence-electron chi connectivity index (χ1n) is 7.59. The molecule has 1 N–H and O–H groups in total. The molecule has 23 heavy (non-hydrogen) atoms. The molecule has 0 aliphatic carbocycles. The first kappa shape index (κ1) is 15.0. The van der Waals surface area contributed by atoms with Crippen LogP contribution < -0.4 is 10.2 Å². The van der Waals surface area contributed by atoms with Crippen LogP contribution in [0.4, 0.5) is 17.5 Å². The van der Waals surface area contributed by atoms with E-state index in [1.54, 1.807) is 6.20 Å². The zero-order valence-electron chi connectivity index (χ0n) is 13.1. The van der Waals surface area contributed by atoms with E-state index in [1.165, 1.54) is 5.56 Å². The van der Waals surface area contributed by atoms with Crippen molar-refractivity contribution in [2.45, 2.75) is 6.42 Å². The fourth-order valence-electron chi connectivity index (χ4n) is 2.28. The molecule has 1 heterocycles. The van der Waals surface area contributed by atoms with Gasteiger partial charge in [0.15, 0.2) is 5.82 Å². The molecule has 3 rings (SSSR count). The number of benzene rings is 2. The van der Waals surface area contributed by atoms with Crippen LogP contribution in [0.2, 0.25) is 0 Å². The van der Waals surface area contributed by atoms with E-state index in [2.05, 4.69) is 32.6 Å². The molecule has 2 aromatic carbocycles. The van der Waals surface area contributed by atoms with Crippen LogP contribution in [0.3, 0.4) is 0 Å². The number of aromatic nitrogens is 3. The van der Waals surface area contributed by atoms with Gasteiger partial charge >= 0.3 is 0 Å². The smallest absolute Gasteiger partial charge is 0.244 e. The van der Waals surface area contributed by atoms with Gasteiger partial charge in [-0.05, 0) is 24.1 Å². The molecule has 0 unspecified atom stereocenters. The summed E-state index contributed by atoms with van der Waals surface area (Å²) in [4.78, 5) is 6.50. The van der Waals surface area contributed by atoms with Crippen molar-refractivity contribution in [2.75, 3.05) is 23.8 Å². The predicted octanol–water partition coefficient (Wildman–Crippen LogP) is 3.29. The van der Waals surface area contributed by atoms with Crippen LogP contribution in [-0.2, 0) is 6.42 Å². The highest BCUT2D eigenvalue weighted by atomic mass is 15.3. The molecule has 0 saturated heterocycles. The molecule has 0 spiro atoms. The normalized spacial score (nSPS) is 10.3. The summed E-state index contributed by atoms with van der Waals surface area (Å²) >= 11 is 0. The van der Waals surface area contributed by atoms with Gasteiger partial charge in [0, 0.05) is 19.3 Å². The molecule has 0 saturated carbocycles. The van der Waals surface area contributed by atoms with Gasteiger partial charge in [-0.3, -0.25) is 0 Å². The maximum Gasteiger partial charge on any atom is 0.244 e. The molecule has 0 amide bonds. The molecule has 0 aliphatic heterocycles. The van der Waals surface area contributed by atoms with E-state index in [1.807, 2.05) is 60.5 Å². The average Bonchev–Trinajstić information content (AvgIpc) is 2.63. The molecule has 5 nitrogen and oxygen atoms in total. The lowest BCUT2D eigenvalue weighted by atomic mass is 10.1. The summed E-state index contributed by atoms with van der Waals surface area (Å²) in [7, 11) is 1.97. The van der Waals surface area contributed by atoms with Crippen LogP contribution in [0.1, 0.15) is 5.56 Å². The highest BCUT2D eigenvalue weighted by Gasteiger charge is 2.07. The fourth-order valence-corrected chi connectivity index (χ4v) is 2.28. The Kier molecular flexibility index (Phi) is 4.79. The second-order valence-corrected chi connectivity index (χ2v) is 5.20. The van der Waals surface area contributed by atoms with Gasteiger partial charge in [0.1, 0.15) is 0 Å². The maximum absolute atomic E-state index is 4.52. The number of nitrogens with one attached hydrogen (secondary N) is 1. The molecule has 0 fully saturated rings. The second-order valence-electron chi connectivity index (χ2n) is 5.20. The van der Waals surface area contributed by atoms with Crippen molar-refractivity contribution in [2.24, 2.45) is 0 Å². The van der Waals surface area contributed by atoms with Gasteiger partial charge < -0.3 is 10.2 Å². The summed E-state index contributed by atoms with van der Waals surface area (Å²) in [6.45, 7) is 0.768. The summed E-state index contributed by atoms with van der Waals surface area (Å²) in [5.41, 5.74) is 2.34. The number of para-hydroxylation sites is 1. The fraction of sp³-hybridized carbons (Fsp3) is 0.167. The second kappa shape index (κ2) is 7.35. The molecule has 0 aliphatic rings. The molecular weight excluding hydrogens is 286 g/mol. The molecule has 0 bridgehead atoms. The standard InChI is InChI=1S/C18H19N5/c1-23(16-10-6-3-7-11-16)17-14-20-22-18(21-17)19-13-12-15-8-4-2-5-9-15/h2-11,14H,12-13H2,1H3,(H,19,21,22). The molecule has 5 heteroatoms. The first-order valence-corrected chi connectivity index (χ1v) is 7.59. The quantitative estimate of drug-likeness (QED) is 0.757. The SMILES string of the molecule is CN(c1ccccc1)c1cnnc(NCCc2ccccc2)n1. The minimum absolute atomic E-state index is 0.543. The number of rotatable bonds is 6. The minimum Gasteiger partial charge on any atom is -0.353 e. The number of hydrogen-bond acceptors (Lipinski definition) is 5. The third-order valence-electron chi connectivity index (χ3n) is 3.57. The van der Waals surface area contributed by atoms with Gasteiger partial charge in [-0.25, -0.2) is 0 Å². The van der Waals surface area contributed by atoms with Crippen molar-refractivity contribution in [3.05, 3.63) is 72.4 Å². The molecule has 116 valence electrons. The van der Waals surface area contributed by atoms with Crippen LogP contribution in [0.5, 0.6) is 0 Å². The molecular formula is C18H19N5. The van der Waals surface area contributed by atoms with Gasteiger partial charge in [0.05, 0.1) is 6.20 Å². The van der Waals surface area contributed by atoms with Gasteiger partial charge in [0.25, 0.3) is 0 Å². The molecule has 0 radical (unpaired) electrons. The number of nitrogens with zero attached hydrogens (tertiary/aromatic N) is 4.